The van der Waals surface area contributed by atoms with Crippen molar-refractivity contribution in [2.24, 2.45) is 0 Å². The van der Waals surface area contributed by atoms with Crippen molar-refractivity contribution in [2.75, 3.05) is 12.4 Å². The van der Waals surface area contributed by atoms with E-state index in [1.165, 1.54) is 23.6 Å². The molecule has 2 aliphatic heterocycles. The van der Waals surface area contributed by atoms with Crippen molar-refractivity contribution >= 4 is 35.5 Å². The van der Waals surface area contributed by atoms with Crippen LogP contribution in [0, 0.1) is 0 Å². The van der Waals surface area contributed by atoms with Gasteiger partial charge >= 0.3 is 11.9 Å². The number of rotatable bonds is 9. The Bertz CT molecular complexity index is 1390. The third-order valence-electron chi connectivity index (χ3n) is 6.64. The van der Waals surface area contributed by atoms with E-state index in [2.05, 4.69) is 5.32 Å². The number of fused-ring (bicyclic) bond motifs is 1. The van der Waals surface area contributed by atoms with Gasteiger partial charge in [-0.1, -0.05) is 91.0 Å². The molecular formula is C31H28N2O6S. The quantitative estimate of drug-likeness (QED) is 0.316. The highest BCUT2D eigenvalue weighted by atomic mass is 32.2. The Kier molecular flexibility index (Phi) is 8.31. The molecule has 8 nitrogen and oxygen atoms in total. The Morgan fingerprint density at radius 3 is 2.08 bits per heavy atom. The molecule has 1 fully saturated rings. The van der Waals surface area contributed by atoms with E-state index in [4.69, 9.17) is 9.47 Å². The molecule has 0 saturated carbocycles. The number of carbonyl (C=O) groups is 4. The van der Waals surface area contributed by atoms with Gasteiger partial charge in [-0.2, -0.15) is 0 Å². The minimum absolute atomic E-state index is 0.0559. The molecule has 2 amide bonds. The SMILES string of the molecule is CC(=O)OCC1=C(C(=O)OC(c2ccccc2)c2ccccc2)N2C(=O)[C@@H](NC(=O)Cc3ccccc3)[C@H]2SC1. The number of carbonyl (C=O) groups excluding carboxylic acids is 4. The van der Waals surface area contributed by atoms with Gasteiger partial charge in [0.05, 0.1) is 6.42 Å². The van der Waals surface area contributed by atoms with Crippen molar-refractivity contribution < 1.29 is 28.7 Å². The van der Waals surface area contributed by atoms with E-state index >= 15 is 0 Å². The smallest absolute Gasteiger partial charge is 0.356 e. The summed E-state index contributed by atoms with van der Waals surface area (Å²) >= 11 is 1.40. The third-order valence-corrected chi connectivity index (χ3v) is 7.98. The molecule has 2 aliphatic rings. The molecule has 0 unspecified atom stereocenters. The van der Waals surface area contributed by atoms with Crippen LogP contribution in [0.1, 0.15) is 29.7 Å². The molecule has 0 bridgehead atoms. The average Bonchev–Trinajstić information content (AvgIpc) is 2.98. The highest BCUT2D eigenvalue weighted by Crippen LogP contribution is 2.41. The molecule has 5 rings (SSSR count). The Morgan fingerprint density at radius 1 is 0.925 bits per heavy atom. The van der Waals surface area contributed by atoms with Crippen LogP contribution in [-0.4, -0.2) is 52.4 Å². The van der Waals surface area contributed by atoms with E-state index in [-0.39, 0.29) is 24.6 Å². The number of thioether (sulfide) groups is 1. The van der Waals surface area contributed by atoms with E-state index in [9.17, 15) is 19.2 Å². The van der Waals surface area contributed by atoms with Crippen LogP contribution >= 0.6 is 11.8 Å². The number of amides is 2. The first-order valence-corrected chi connectivity index (χ1v) is 13.9. The van der Waals surface area contributed by atoms with E-state index in [0.29, 0.717) is 11.3 Å². The number of hydrogen-bond acceptors (Lipinski definition) is 7. The summed E-state index contributed by atoms with van der Waals surface area (Å²) in [5.74, 6) is -1.57. The van der Waals surface area contributed by atoms with Crippen molar-refractivity contribution in [3.05, 3.63) is 119 Å². The lowest BCUT2D eigenvalue weighted by Crippen LogP contribution is -2.70. The first-order valence-electron chi connectivity index (χ1n) is 12.9. The number of β-lactam (4-membered cyclic amide) rings is 1. The van der Waals surface area contributed by atoms with Crippen LogP contribution in [0.25, 0.3) is 0 Å². The molecule has 0 radical (unpaired) electrons. The number of nitrogens with zero attached hydrogens (tertiary/aromatic N) is 1. The number of ether oxygens (including phenoxy) is 2. The molecule has 9 heteroatoms. The summed E-state index contributed by atoms with van der Waals surface area (Å²) in [5.41, 5.74) is 2.91. The standard InChI is InChI=1S/C31H28N2O6S/c1-20(34)38-18-24-19-40-30-26(32-25(35)17-21-11-5-2-6-12-21)29(36)33(30)27(24)31(37)39-28(22-13-7-3-8-14-22)23-15-9-4-10-16-23/h2-16,26,28,30H,17-19H2,1H3,(H,32,35)/t26-,30-/m1/s1. The molecule has 2 atom stereocenters. The minimum atomic E-state index is -0.779. The average molecular weight is 557 g/mol. The van der Waals surface area contributed by atoms with Gasteiger partial charge in [0.1, 0.15) is 23.7 Å². The maximum Gasteiger partial charge on any atom is 0.356 e. The van der Waals surface area contributed by atoms with E-state index in [1.807, 2.05) is 91.0 Å². The van der Waals surface area contributed by atoms with Gasteiger partial charge < -0.3 is 14.8 Å². The van der Waals surface area contributed by atoms with Gasteiger partial charge in [-0.05, 0) is 16.7 Å². The van der Waals surface area contributed by atoms with Gasteiger partial charge in [-0.3, -0.25) is 19.3 Å². The lowest BCUT2D eigenvalue weighted by molar-refractivity contribution is -0.155. The van der Waals surface area contributed by atoms with Gasteiger partial charge in [-0.15, -0.1) is 11.8 Å². The monoisotopic (exact) mass is 556 g/mol. The first kappa shape index (κ1) is 27.2. The molecule has 2 heterocycles. The second-order valence-electron chi connectivity index (χ2n) is 9.46. The van der Waals surface area contributed by atoms with E-state index in [0.717, 1.165) is 16.7 Å². The zero-order chi connectivity index (χ0) is 28.1. The van der Waals surface area contributed by atoms with Crippen LogP contribution in [-0.2, 0) is 35.1 Å². The van der Waals surface area contributed by atoms with Crippen LogP contribution in [0.4, 0.5) is 0 Å². The van der Waals surface area contributed by atoms with Crippen molar-refractivity contribution in [1.29, 1.82) is 0 Å². The normalized spacial score (nSPS) is 18.1. The van der Waals surface area contributed by atoms with Gasteiger partial charge in [-0.25, -0.2) is 4.79 Å². The highest BCUT2D eigenvalue weighted by Gasteiger charge is 2.54. The lowest BCUT2D eigenvalue weighted by atomic mass is 10.0. The Hall–Kier alpha value is -4.37. The predicted molar refractivity (Wildman–Crippen MR) is 150 cm³/mol. The summed E-state index contributed by atoms with van der Waals surface area (Å²) in [6.45, 7) is 1.14. The van der Waals surface area contributed by atoms with Gasteiger partial charge in [0.2, 0.25) is 5.91 Å². The lowest BCUT2D eigenvalue weighted by Gasteiger charge is -2.49. The predicted octanol–water partition coefficient (Wildman–Crippen LogP) is 3.78. The van der Waals surface area contributed by atoms with Crippen LogP contribution in [0.2, 0.25) is 0 Å². The molecule has 0 aliphatic carbocycles. The number of benzene rings is 3. The second kappa shape index (κ2) is 12.2. The molecular weight excluding hydrogens is 528 g/mol. The second-order valence-corrected chi connectivity index (χ2v) is 10.6. The number of nitrogens with one attached hydrogen (secondary N) is 1. The summed E-state index contributed by atoms with van der Waals surface area (Å²) < 4.78 is 11.3. The molecule has 0 spiro atoms. The minimum Gasteiger partial charge on any atom is -0.461 e. The molecule has 1 N–H and O–H groups in total. The summed E-state index contributed by atoms with van der Waals surface area (Å²) in [4.78, 5) is 52.8. The topological polar surface area (TPSA) is 102 Å². The number of hydrogen-bond donors (Lipinski definition) is 1. The largest absolute Gasteiger partial charge is 0.461 e. The number of esters is 2. The van der Waals surface area contributed by atoms with Crippen molar-refractivity contribution in [2.45, 2.75) is 30.9 Å². The van der Waals surface area contributed by atoms with Gasteiger partial charge in [0.15, 0.2) is 6.10 Å². The fourth-order valence-corrected chi connectivity index (χ4v) is 6.05. The summed E-state index contributed by atoms with van der Waals surface area (Å²) in [6, 6.07) is 27.1. The molecule has 3 aromatic rings. The van der Waals surface area contributed by atoms with E-state index in [1.54, 1.807) is 0 Å². The zero-order valence-electron chi connectivity index (χ0n) is 21.8. The van der Waals surface area contributed by atoms with Crippen LogP contribution in [0.15, 0.2) is 102 Å². The zero-order valence-corrected chi connectivity index (χ0v) is 22.6. The molecule has 3 aromatic carbocycles. The van der Waals surface area contributed by atoms with Crippen molar-refractivity contribution in [3.8, 4) is 0 Å². The maximum absolute atomic E-state index is 13.8. The maximum atomic E-state index is 13.8. The third kappa shape index (κ3) is 5.94. The van der Waals surface area contributed by atoms with Crippen molar-refractivity contribution in [1.82, 2.24) is 10.2 Å². The van der Waals surface area contributed by atoms with Crippen LogP contribution < -0.4 is 5.32 Å². The van der Waals surface area contributed by atoms with Crippen LogP contribution in [0.5, 0.6) is 0 Å². The van der Waals surface area contributed by atoms with Crippen LogP contribution in [0.3, 0.4) is 0 Å². The Morgan fingerprint density at radius 2 is 1.50 bits per heavy atom. The van der Waals surface area contributed by atoms with Crippen molar-refractivity contribution in [3.63, 3.8) is 0 Å². The highest BCUT2D eigenvalue weighted by molar-refractivity contribution is 8.00. The Balaban J connectivity index is 1.39. The first-order chi connectivity index (χ1) is 19.4. The summed E-state index contributed by atoms with van der Waals surface area (Å²) in [6.07, 6.45) is -0.580. The van der Waals surface area contributed by atoms with E-state index < -0.39 is 35.4 Å². The summed E-state index contributed by atoms with van der Waals surface area (Å²) in [5, 5.41) is 2.34. The molecule has 1 saturated heterocycles. The van der Waals surface area contributed by atoms with Gasteiger partial charge in [0.25, 0.3) is 5.91 Å². The molecule has 0 aromatic heterocycles. The molecule has 204 valence electrons. The Labute approximate surface area is 236 Å². The summed E-state index contributed by atoms with van der Waals surface area (Å²) in [7, 11) is 0. The molecule has 40 heavy (non-hydrogen) atoms. The van der Waals surface area contributed by atoms with Gasteiger partial charge in [0, 0.05) is 18.2 Å². The fraction of sp³-hybridized carbons (Fsp3) is 0.226. The fourth-order valence-electron chi connectivity index (χ4n) is 4.72.